The number of aromatic nitrogens is 2. The first-order chi connectivity index (χ1) is 10.7. The molecule has 6 nitrogen and oxygen atoms in total. The molecule has 0 amide bonds. The summed E-state index contributed by atoms with van der Waals surface area (Å²) in [4.78, 5) is 4.35. The summed E-state index contributed by atoms with van der Waals surface area (Å²) in [6.07, 6.45) is 0. The van der Waals surface area contributed by atoms with E-state index >= 15 is 0 Å². The molecule has 0 fully saturated rings. The summed E-state index contributed by atoms with van der Waals surface area (Å²) >= 11 is 0. The van der Waals surface area contributed by atoms with Crippen molar-refractivity contribution in [3.05, 3.63) is 48.5 Å². The largest absolute Gasteiger partial charge is 0.496 e. The van der Waals surface area contributed by atoms with Gasteiger partial charge < -0.3 is 19.3 Å². The van der Waals surface area contributed by atoms with Crippen LogP contribution in [0.25, 0.3) is 22.8 Å². The summed E-state index contributed by atoms with van der Waals surface area (Å²) in [6, 6.07) is 14.0. The molecule has 1 aromatic heterocycles. The normalized spacial score (nSPS) is 10.5. The maximum atomic E-state index is 9.09. The average molecular weight is 296 g/mol. The van der Waals surface area contributed by atoms with E-state index in [0.717, 1.165) is 0 Å². The highest BCUT2D eigenvalue weighted by Gasteiger charge is 2.15. The van der Waals surface area contributed by atoms with Crippen LogP contribution >= 0.6 is 0 Å². The van der Waals surface area contributed by atoms with Crippen LogP contribution in [0.5, 0.6) is 5.75 Å². The van der Waals surface area contributed by atoms with Gasteiger partial charge in [0.2, 0.25) is 5.82 Å². The molecule has 0 aliphatic rings. The molecule has 0 saturated heterocycles. The molecule has 22 heavy (non-hydrogen) atoms. The van der Waals surface area contributed by atoms with Crippen LogP contribution in [0.1, 0.15) is 0 Å². The first-order valence-corrected chi connectivity index (χ1v) is 6.62. The molecule has 2 aromatic carbocycles. The minimum Gasteiger partial charge on any atom is -0.496 e. The highest BCUT2D eigenvalue weighted by atomic mass is 16.5. The molecule has 2 N–H and O–H groups in total. The molecule has 0 spiro atoms. The second kappa shape index (κ2) is 6.01. The first kappa shape index (κ1) is 14.3. The van der Waals surface area contributed by atoms with Gasteiger partial charge in [-0.15, -0.1) is 0 Å². The van der Waals surface area contributed by atoms with Crippen LogP contribution in [0.4, 0.5) is 0 Å². The number of para-hydroxylation sites is 1. The fourth-order valence-corrected chi connectivity index (χ4v) is 2.08. The van der Waals surface area contributed by atoms with Gasteiger partial charge in [-0.2, -0.15) is 4.98 Å². The molecule has 0 bridgehead atoms. The number of rotatable bonds is 4. The van der Waals surface area contributed by atoms with Gasteiger partial charge in [-0.3, -0.25) is 0 Å². The summed E-state index contributed by atoms with van der Waals surface area (Å²) in [6.45, 7) is 0. The molecule has 0 aliphatic carbocycles. The van der Waals surface area contributed by atoms with Crippen molar-refractivity contribution in [1.29, 1.82) is 0 Å². The average Bonchev–Trinajstić information content (AvgIpc) is 3.04. The Labute approximate surface area is 127 Å². The van der Waals surface area contributed by atoms with Gasteiger partial charge in [0.05, 0.1) is 12.7 Å². The number of hydrogen-bond acceptors (Lipinski definition) is 6. The van der Waals surface area contributed by atoms with Crippen molar-refractivity contribution in [2.75, 3.05) is 7.11 Å². The lowest BCUT2D eigenvalue weighted by molar-refractivity contribution is 0.405. The lowest BCUT2D eigenvalue weighted by atomic mass is 9.80. The zero-order chi connectivity index (χ0) is 15.5. The van der Waals surface area contributed by atoms with E-state index in [4.69, 9.17) is 19.3 Å². The Morgan fingerprint density at radius 3 is 2.45 bits per heavy atom. The third kappa shape index (κ3) is 2.72. The predicted molar refractivity (Wildman–Crippen MR) is 81.5 cm³/mol. The van der Waals surface area contributed by atoms with Gasteiger partial charge in [-0.05, 0) is 17.6 Å². The predicted octanol–water partition coefficient (Wildman–Crippen LogP) is 1.09. The van der Waals surface area contributed by atoms with Crippen molar-refractivity contribution >= 4 is 12.6 Å². The molecule has 3 rings (SSSR count). The SMILES string of the molecule is COc1ccccc1-c1nc(-c2ccc(B(O)O)cc2)no1. The Bertz CT molecular complexity index is 771. The molecule has 7 heteroatoms. The molecule has 1 heterocycles. The smallest absolute Gasteiger partial charge is 0.488 e. The van der Waals surface area contributed by atoms with Gasteiger partial charge in [-0.1, -0.05) is 41.6 Å². The Kier molecular flexibility index (Phi) is 3.91. The summed E-state index contributed by atoms with van der Waals surface area (Å²) in [7, 11) is 0.0816. The van der Waals surface area contributed by atoms with E-state index in [9.17, 15) is 0 Å². The first-order valence-electron chi connectivity index (χ1n) is 6.62. The minimum atomic E-state index is -1.50. The van der Waals surface area contributed by atoms with Crippen LogP contribution in [0.15, 0.2) is 53.1 Å². The van der Waals surface area contributed by atoms with Crippen LogP contribution < -0.4 is 10.2 Å². The standard InChI is InChI=1S/C15H13BN2O4/c1-21-13-5-3-2-4-12(13)15-17-14(18-22-15)10-6-8-11(9-7-10)16(19)20/h2-9,19-20H,1H3. The van der Waals surface area contributed by atoms with E-state index in [-0.39, 0.29) is 0 Å². The van der Waals surface area contributed by atoms with Crippen molar-refractivity contribution < 1.29 is 19.3 Å². The molecule has 110 valence electrons. The number of nitrogens with zero attached hydrogens (tertiary/aromatic N) is 2. The number of benzene rings is 2. The summed E-state index contributed by atoms with van der Waals surface area (Å²) in [5.41, 5.74) is 1.83. The fraction of sp³-hybridized carbons (Fsp3) is 0.0667. The zero-order valence-corrected chi connectivity index (χ0v) is 11.8. The number of methoxy groups -OCH3 is 1. The van der Waals surface area contributed by atoms with Gasteiger partial charge in [0, 0.05) is 5.56 Å². The third-order valence-electron chi connectivity index (χ3n) is 3.23. The van der Waals surface area contributed by atoms with Crippen LogP contribution in [-0.4, -0.2) is 34.4 Å². The zero-order valence-electron chi connectivity index (χ0n) is 11.8. The number of hydrogen-bond donors (Lipinski definition) is 2. The van der Waals surface area contributed by atoms with E-state index < -0.39 is 7.12 Å². The van der Waals surface area contributed by atoms with Gasteiger partial charge in [-0.25, -0.2) is 0 Å². The summed E-state index contributed by atoms with van der Waals surface area (Å²) < 4.78 is 10.6. The molecule has 0 radical (unpaired) electrons. The topological polar surface area (TPSA) is 88.6 Å². The van der Waals surface area contributed by atoms with Crippen molar-refractivity contribution in [3.63, 3.8) is 0 Å². The third-order valence-corrected chi connectivity index (χ3v) is 3.23. The molecule has 0 aliphatic heterocycles. The van der Waals surface area contributed by atoms with Crippen molar-refractivity contribution in [1.82, 2.24) is 10.1 Å². The second-order valence-electron chi connectivity index (χ2n) is 4.62. The Morgan fingerprint density at radius 1 is 1.05 bits per heavy atom. The van der Waals surface area contributed by atoms with Gasteiger partial charge in [0.15, 0.2) is 0 Å². The maximum Gasteiger partial charge on any atom is 0.488 e. The molecular weight excluding hydrogens is 283 g/mol. The lowest BCUT2D eigenvalue weighted by Gasteiger charge is -2.02. The van der Waals surface area contributed by atoms with Crippen LogP contribution in [0.3, 0.4) is 0 Å². The van der Waals surface area contributed by atoms with Crippen molar-refractivity contribution in [2.24, 2.45) is 0 Å². The Morgan fingerprint density at radius 2 is 1.77 bits per heavy atom. The van der Waals surface area contributed by atoms with Crippen LogP contribution in [0.2, 0.25) is 0 Å². The molecule has 3 aromatic rings. The highest BCUT2D eigenvalue weighted by molar-refractivity contribution is 6.58. The Balaban J connectivity index is 1.93. The summed E-state index contributed by atoms with van der Waals surface area (Å²) in [5.74, 6) is 1.43. The van der Waals surface area contributed by atoms with Gasteiger partial charge in [0.25, 0.3) is 5.89 Å². The monoisotopic (exact) mass is 296 g/mol. The van der Waals surface area contributed by atoms with Crippen molar-refractivity contribution in [2.45, 2.75) is 0 Å². The van der Waals surface area contributed by atoms with Crippen LogP contribution in [0, 0.1) is 0 Å². The van der Waals surface area contributed by atoms with E-state index in [0.29, 0.717) is 34.1 Å². The fourth-order valence-electron chi connectivity index (χ4n) is 2.08. The van der Waals surface area contributed by atoms with E-state index in [1.807, 2.05) is 24.3 Å². The lowest BCUT2D eigenvalue weighted by Crippen LogP contribution is -2.29. The van der Waals surface area contributed by atoms with Crippen molar-refractivity contribution in [3.8, 4) is 28.6 Å². The van der Waals surface area contributed by atoms with Gasteiger partial charge >= 0.3 is 7.12 Å². The molecular formula is C15H13BN2O4. The Hall–Kier alpha value is -2.64. The quantitative estimate of drug-likeness (QED) is 0.701. The maximum absolute atomic E-state index is 9.09. The highest BCUT2D eigenvalue weighted by Crippen LogP contribution is 2.29. The van der Waals surface area contributed by atoms with Gasteiger partial charge in [0.1, 0.15) is 5.75 Å². The van der Waals surface area contributed by atoms with E-state index in [1.165, 1.54) is 0 Å². The van der Waals surface area contributed by atoms with Crippen LogP contribution in [-0.2, 0) is 0 Å². The molecule has 0 atom stereocenters. The second-order valence-corrected chi connectivity index (χ2v) is 4.62. The molecule has 0 unspecified atom stereocenters. The van der Waals surface area contributed by atoms with E-state index in [1.54, 1.807) is 31.4 Å². The molecule has 0 saturated carbocycles. The summed E-state index contributed by atoms with van der Waals surface area (Å²) in [5, 5.41) is 22.1. The minimum absolute atomic E-state index is 0.360. The van der Waals surface area contributed by atoms with E-state index in [2.05, 4.69) is 10.1 Å². The number of ether oxygens (including phenoxy) is 1.